The Kier molecular flexibility index (Phi) is 4.20. The Morgan fingerprint density at radius 3 is 2.87 bits per heavy atom. The first-order valence-electron chi connectivity index (χ1n) is 4.75. The van der Waals surface area contributed by atoms with Crippen LogP contribution >= 0.6 is 11.8 Å². The predicted molar refractivity (Wildman–Crippen MR) is 59.1 cm³/mol. The number of esters is 1. The highest BCUT2D eigenvalue weighted by molar-refractivity contribution is 8.03. The van der Waals surface area contributed by atoms with Gasteiger partial charge < -0.3 is 9.64 Å². The van der Waals surface area contributed by atoms with Gasteiger partial charge in [-0.2, -0.15) is 0 Å². The minimum Gasteiger partial charge on any atom is -0.468 e. The summed E-state index contributed by atoms with van der Waals surface area (Å²) < 4.78 is 4.52. The lowest BCUT2D eigenvalue weighted by Crippen LogP contribution is -2.41. The summed E-state index contributed by atoms with van der Waals surface area (Å²) in [4.78, 5) is 24.3. The molecule has 0 unspecified atom stereocenters. The molecule has 0 radical (unpaired) electrons. The molecule has 0 spiro atoms. The molecule has 1 aliphatic heterocycles. The fourth-order valence-corrected chi connectivity index (χ4v) is 2.22. The number of thioether (sulfide) groups is 1. The van der Waals surface area contributed by atoms with Crippen molar-refractivity contribution in [3.8, 4) is 0 Å². The number of nitrogens with zero attached hydrogens (tertiary/aromatic N) is 1. The Hall–Kier alpha value is -0.970. The Labute approximate surface area is 93.6 Å². The van der Waals surface area contributed by atoms with Crippen molar-refractivity contribution >= 4 is 23.6 Å². The molecule has 1 atom stereocenters. The van der Waals surface area contributed by atoms with E-state index >= 15 is 0 Å². The molecule has 0 saturated carbocycles. The highest BCUT2D eigenvalue weighted by Crippen LogP contribution is 2.26. The second kappa shape index (κ2) is 5.21. The first-order valence-corrected chi connectivity index (χ1v) is 5.70. The van der Waals surface area contributed by atoms with Crippen LogP contribution in [0.1, 0.15) is 13.8 Å². The van der Waals surface area contributed by atoms with Crippen LogP contribution in [0.5, 0.6) is 0 Å². The molecule has 0 fully saturated rings. The van der Waals surface area contributed by atoms with Gasteiger partial charge >= 0.3 is 5.97 Å². The molecule has 1 rings (SSSR count). The molecule has 0 aliphatic carbocycles. The molecular formula is C10H15NO3S. The number of carbonyl (C=O) groups is 2. The lowest BCUT2D eigenvalue weighted by Gasteiger charge is -2.28. The fourth-order valence-electron chi connectivity index (χ4n) is 1.26. The first-order chi connectivity index (χ1) is 7.06. The van der Waals surface area contributed by atoms with Crippen LogP contribution in [-0.2, 0) is 14.3 Å². The van der Waals surface area contributed by atoms with E-state index < -0.39 is 5.97 Å². The lowest BCUT2D eigenvalue weighted by molar-refractivity contribution is -0.145. The predicted octanol–water partition coefficient (Wildman–Crippen LogP) is 1.23. The summed E-state index contributed by atoms with van der Waals surface area (Å²) in [5.74, 6) is -0.169. The van der Waals surface area contributed by atoms with Gasteiger partial charge in [-0.05, 0) is 11.3 Å². The van der Waals surface area contributed by atoms with Gasteiger partial charge in [0.15, 0.2) is 0 Å². The summed E-state index contributed by atoms with van der Waals surface area (Å²) in [5.41, 5.74) is 0. The van der Waals surface area contributed by atoms with Gasteiger partial charge in [-0.25, -0.2) is 0 Å². The second-order valence-electron chi connectivity index (χ2n) is 3.63. The van der Waals surface area contributed by atoms with Gasteiger partial charge in [-0.15, -0.1) is 11.8 Å². The van der Waals surface area contributed by atoms with Crippen LogP contribution < -0.4 is 0 Å². The van der Waals surface area contributed by atoms with E-state index in [1.165, 1.54) is 23.8 Å². The molecule has 5 heteroatoms. The highest BCUT2D eigenvalue weighted by atomic mass is 32.2. The average Bonchev–Trinajstić information content (AvgIpc) is 2.20. The number of ether oxygens (including phenoxy) is 1. The Bertz CT molecular complexity index is 288. The number of carbonyl (C=O) groups excluding carboxylic acids is 2. The van der Waals surface area contributed by atoms with Crippen LogP contribution in [0.15, 0.2) is 11.6 Å². The zero-order valence-electron chi connectivity index (χ0n) is 9.10. The SMILES string of the molecule is COC(=O)CN1C=CS[C@@H](C(C)C)C1=O. The van der Waals surface area contributed by atoms with Crippen LogP contribution in [0, 0.1) is 5.92 Å². The maximum Gasteiger partial charge on any atom is 0.325 e. The summed E-state index contributed by atoms with van der Waals surface area (Å²) in [5, 5.41) is 1.74. The van der Waals surface area contributed by atoms with Gasteiger partial charge in [0.25, 0.3) is 0 Å². The van der Waals surface area contributed by atoms with Crippen molar-refractivity contribution in [3.63, 3.8) is 0 Å². The fraction of sp³-hybridized carbons (Fsp3) is 0.600. The van der Waals surface area contributed by atoms with E-state index in [2.05, 4.69) is 4.74 Å². The molecule has 0 saturated heterocycles. The molecule has 1 amide bonds. The van der Waals surface area contributed by atoms with Crippen LogP contribution in [0.4, 0.5) is 0 Å². The van der Waals surface area contributed by atoms with E-state index in [9.17, 15) is 9.59 Å². The number of hydrogen-bond donors (Lipinski definition) is 0. The van der Waals surface area contributed by atoms with Crippen molar-refractivity contribution < 1.29 is 14.3 Å². The maximum absolute atomic E-state index is 11.9. The largest absolute Gasteiger partial charge is 0.468 e. The number of amides is 1. The van der Waals surface area contributed by atoms with Gasteiger partial charge in [0, 0.05) is 6.20 Å². The van der Waals surface area contributed by atoms with E-state index in [0.29, 0.717) is 0 Å². The van der Waals surface area contributed by atoms with Gasteiger partial charge in [0.1, 0.15) is 6.54 Å². The Morgan fingerprint density at radius 2 is 2.33 bits per heavy atom. The molecule has 4 nitrogen and oxygen atoms in total. The number of hydrogen-bond acceptors (Lipinski definition) is 4. The minimum atomic E-state index is -0.401. The van der Waals surface area contributed by atoms with Crippen LogP contribution in [0.25, 0.3) is 0 Å². The Balaban J connectivity index is 2.67. The topological polar surface area (TPSA) is 46.6 Å². The average molecular weight is 229 g/mol. The Morgan fingerprint density at radius 1 is 1.67 bits per heavy atom. The zero-order valence-corrected chi connectivity index (χ0v) is 9.91. The third-order valence-electron chi connectivity index (χ3n) is 2.13. The smallest absolute Gasteiger partial charge is 0.325 e. The van der Waals surface area contributed by atoms with E-state index in [4.69, 9.17) is 0 Å². The van der Waals surface area contributed by atoms with Crippen molar-refractivity contribution in [1.29, 1.82) is 0 Å². The summed E-state index contributed by atoms with van der Waals surface area (Å²) in [6, 6.07) is 0. The molecule has 0 N–H and O–H groups in total. The summed E-state index contributed by atoms with van der Waals surface area (Å²) in [7, 11) is 1.31. The molecule has 0 aromatic carbocycles. The quantitative estimate of drug-likeness (QED) is 0.683. The summed E-state index contributed by atoms with van der Waals surface area (Å²) in [6.45, 7) is 3.98. The van der Waals surface area contributed by atoms with Crippen LogP contribution in [-0.4, -0.2) is 35.7 Å². The number of rotatable bonds is 3. The third-order valence-corrected chi connectivity index (χ3v) is 3.44. The van der Waals surface area contributed by atoms with E-state index in [-0.39, 0.29) is 23.6 Å². The molecule has 15 heavy (non-hydrogen) atoms. The molecule has 1 heterocycles. The van der Waals surface area contributed by atoms with Crippen molar-refractivity contribution in [2.75, 3.05) is 13.7 Å². The van der Waals surface area contributed by atoms with Gasteiger partial charge in [0.2, 0.25) is 5.91 Å². The van der Waals surface area contributed by atoms with E-state index in [1.807, 2.05) is 19.3 Å². The standard InChI is InChI=1S/C10H15NO3S/c1-7(2)9-10(13)11(4-5-15-9)6-8(12)14-3/h4-5,7,9H,6H2,1-3H3/t9-/m0/s1. The van der Waals surface area contributed by atoms with Crippen LogP contribution in [0.3, 0.4) is 0 Å². The van der Waals surface area contributed by atoms with Crippen molar-refractivity contribution in [3.05, 3.63) is 11.6 Å². The van der Waals surface area contributed by atoms with E-state index in [1.54, 1.807) is 6.20 Å². The molecule has 0 bridgehead atoms. The number of methoxy groups -OCH3 is 1. The van der Waals surface area contributed by atoms with Gasteiger partial charge in [-0.3, -0.25) is 9.59 Å². The molecular weight excluding hydrogens is 214 g/mol. The molecule has 0 aromatic heterocycles. The van der Waals surface area contributed by atoms with Crippen molar-refractivity contribution in [2.24, 2.45) is 5.92 Å². The third kappa shape index (κ3) is 2.99. The lowest BCUT2D eigenvalue weighted by atomic mass is 10.1. The van der Waals surface area contributed by atoms with Crippen molar-refractivity contribution in [2.45, 2.75) is 19.1 Å². The molecule has 1 aliphatic rings. The summed E-state index contributed by atoms with van der Waals surface area (Å²) in [6.07, 6.45) is 1.63. The molecule has 0 aromatic rings. The normalized spacial score (nSPS) is 20.9. The van der Waals surface area contributed by atoms with Gasteiger partial charge in [-0.1, -0.05) is 13.8 Å². The van der Waals surface area contributed by atoms with Crippen molar-refractivity contribution in [1.82, 2.24) is 4.90 Å². The zero-order chi connectivity index (χ0) is 11.4. The monoisotopic (exact) mass is 229 g/mol. The maximum atomic E-state index is 11.9. The van der Waals surface area contributed by atoms with E-state index in [0.717, 1.165) is 0 Å². The van der Waals surface area contributed by atoms with Crippen LogP contribution in [0.2, 0.25) is 0 Å². The summed E-state index contributed by atoms with van der Waals surface area (Å²) >= 11 is 1.49. The first kappa shape index (κ1) is 12.1. The van der Waals surface area contributed by atoms with Gasteiger partial charge in [0.05, 0.1) is 12.4 Å². The highest BCUT2D eigenvalue weighted by Gasteiger charge is 2.29. The molecule has 84 valence electrons. The minimum absolute atomic E-state index is 0.00435. The second-order valence-corrected chi connectivity index (χ2v) is 4.68.